The second-order valence-electron chi connectivity index (χ2n) is 6.50. The van der Waals surface area contributed by atoms with Crippen LogP contribution in [0.5, 0.6) is 0 Å². The van der Waals surface area contributed by atoms with Gasteiger partial charge in [0.15, 0.2) is 0 Å². The Bertz CT molecular complexity index is 360. The maximum atomic E-state index is 9.56. The Morgan fingerprint density at radius 1 is 1.04 bits per heavy atom. The predicted molar refractivity (Wildman–Crippen MR) is 96.0 cm³/mol. The van der Waals surface area contributed by atoms with Gasteiger partial charge in [-0.3, -0.25) is 4.55 Å². The molecule has 1 heterocycles. The summed E-state index contributed by atoms with van der Waals surface area (Å²) in [5.41, 5.74) is 0. The Balaban J connectivity index is 0.000000585. The highest BCUT2D eigenvalue weighted by Gasteiger charge is 2.17. The van der Waals surface area contributed by atoms with Crippen LogP contribution in [0.2, 0.25) is 0 Å². The standard InChI is InChI=1S/C15H31N.C2H6O4S/c1-3-4-5-6-7-8-9-10-12-16-13-11-15(2)14-16;1-2-6-7(3,4)5/h15H,3-14H2,1-2H3;2H2,1H3,(H,3,4,5). The quantitative estimate of drug-likeness (QED) is 0.444. The van der Waals surface area contributed by atoms with E-state index in [1.165, 1.54) is 84.3 Å². The van der Waals surface area contributed by atoms with Gasteiger partial charge in [-0.15, -0.1) is 0 Å². The average Bonchev–Trinajstić information content (AvgIpc) is 2.87. The molecule has 23 heavy (non-hydrogen) atoms. The van der Waals surface area contributed by atoms with E-state index in [9.17, 15) is 8.42 Å². The van der Waals surface area contributed by atoms with Gasteiger partial charge in [-0.1, -0.05) is 58.8 Å². The van der Waals surface area contributed by atoms with E-state index in [0.29, 0.717) is 0 Å². The van der Waals surface area contributed by atoms with Crippen molar-refractivity contribution in [1.82, 2.24) is 4.90 Å². The SMILES string of the molecule is CCCCCCCCCCN1CCC(C)C1.CCOS(=O)(=O)O. The molecule has 0 aromatic rings. The van der Waals surface area contributed by atoms with Crippen molar-refractivity contribution in [3.63, 3.8) is 0 Å². The van der Waals surface area contributed by atoms with Crippen LogP contribution in [-0.4, -0.2) is 44.1 Å². The number of hydrogen-bond acceptors (Lipinski definition) is 4. The first kappa shape index (κ1) is 22.8. The first-order valence-corrected chi connectivity index (χ1v) is 10.6. The Morgan fingerprint density at radius 3 is 2.00 bits per heavy atom. The molecule has 0 radical (unpaired) electrons. The third-order valence-corrected chi connectivity index (χ3v) is 4.64. The zero-order valence-electron chi connectivity index (χ0n) is 15.3. The molecule has 0 aliphatic carbocycles. The van der Waals surface area contributed by atoms with Crippen LogP contribution in [0.1, 0.15) is 78.6 Å². The second-order valence-corrected chi connectivity index (χ2v) is 7.59. The summed E-state index contributed by atoms with van der Waals surface area (Å²) in [5, 5.41) is 0. The summed E-state index contributed by atoms with van der Waals surface area (Å²) >= 11 is 0. The normalized spacial score (nSPS) is 18.7. The molecule has 6 heteroatoms. The lowest BCUT2D eigenvalue weighted by Gasteiger charge is -2.14. The molecule has 1 aliphatic rings. The molecule has 1 atom stereocenters. The fraction of sp³-hybridized carbons (Fsp3) is 1.00. The minimum atomic E-state index is -4.17. The van der Waals surface area contributed by atoms with Gasteiger partial charge in [0.2, 0.25) is 0 Å². The molecule has 1 N–H and O–H groups in total. The Hall–Kier alpha value is -0.170. The van der Waals surface area contributed by atoms with Gasteiger partial charge in [0, 0.05) is 6.54 Å². The van der Waals surface area contributed by atoms with Crippen molar-refractivity contribution in [2.75, 3.05) is 26.2 Å². The van der Waals surface area contributed by atoms with Crippen molar-refractivity contribution in [2.45, 2.75) is 78.6 Å². The van der Waals surface area contributed by atoms with Gasteiger partial charge >= 0.3 is 10.4 Å². The van der Waals surface area contributed by atoms with Gasteiger partial charge in [-0.25, -0.2) is 4.18 Å². The molecule has 1 aliphatic heterocycles. The fourth-order valence-electron chi connectivity index (χ4n) is 2.85. The maximum absolute atomic E-state index is 9.56. The lowest BCUT2D eigenvalue weighted by molar-refractivity contribution is 0.283. The molecule has 0 saturated carbocycles. The van der Waals surface area contributed by atoms with Gasteiger partial charge in [0.25, 0.3) is 0 Å². The Labute approximate surface area is 143 Å². The monoisotopic (exact) mass is 351 g/mol. The Kier molecular flexibility index (Phi) is 14.1. The van der Waals surface area contributed by atoms with Crippen LogP contribution in [-0.2, 0) is 14.6 Å². The molecule has 0 aromatic heterocycles. The minimum Gasteiger partial charge on any atom is -0.303 e. The molecule has 1 unspecified atom stereocenters. The first-order valence-electron chi connectivity index (χ1n) is 9.23. The van der Waals surface area contributed by atoms with Crippen LogP contribution in [0.3, 0.4) is 0 Å². The molecule has 0 amide bonds. The summed E-state index contributed by atoms with van der Waals surface area (Å²) in [6, 6.07) is 0. The van der Waals surface area contributed by atoms with E-state index < -0.39 is 10.4 Å². The van der Waals surface area contributed by atoms with Crippen molar-refractivity contribution in [1.29, 1.82) is 0 Å². The number of likely N-dealkylation sites (tertiary alicyclic amines) is 1. The van der Waals surface area contributed by atoms with Gasteiger partial charge in [-0.05, 0) is 38.8 Å². The van der Waals surface area contributed by atoms with Gasteiger partial charge in [0.05, 0.1) is 6.61 Å². The van der Waals surface area contributed by atoms with Crippen LogP contribution >= 0.6 is 0 Å². The predicted octanol–water partition coefficient (Wildman–Crippen LogP) is 4.29. The highest BCUT2D eigenvalue weighted by molar-refractivity contribution is 7.80. The molecule has 1 saturated heterocycles. The topological polar surface area (TPSA) is 66.8 Å². The van der Waals surface area contributed by atoms with Crippen molar-refractivity contribution in [3.8, 4) is 0 Å². The number of hydrogen-bond donors (Lipinski definition) is 1. The van der Waals surface area contributed by atoms with Crippen LogP contribution in [0.25, 0.3) is 0 Å². The molecule has 1 rings (SSSR count). The van der Waals surface area contributed by atoms with Crippen LogP contribution in [0, 0.1) is 5.92 Å². The summed E-state index contributed by atoms with van der Waals surface area (Å²) in [6.07, 6.45) is 13.0. The minimum absolute atomic E-state index is 0.0289. The number of nitrogens with zero attached hydrogens (tertiary/aromatic N) is 1. The first-order chi connectivity index (χ1) is 10.9. The van der Waals surface area contributed by atoms with E-state index in [1.54, 1.807) is 0 Å². The molecule has 0 spiro atoms. The number of rotatable bonds is 11. The van der Waals surface area contributed by atoms with Crippen LogP contribution in [0.15, 0.2) is 0 Å². The Morgan fingerprint density at radius 2 is 1.61 bits per heavy atom. The molecule has 5 nitrogen and oxygen atoms in total. The van der Waals surface area contributed by atoms with E-state index in [1.807, 2.05) is 0 Å². The molecule has 140 valence electrons. The molecular weight excluding hydrogens is 314 g/mol. The van der Waals surface area contributed by atoms with E-state index >= 15 is 0 Å². The number of unbranched alkanes of at least 4 members (excludes halogenated alkanes) is 7. The summed E-state index contributed by atoms with van der Waals surface area (Å²) in [7, 11) is -4.17. The van der Waals surface area contributed by atoms with Crippen molar-refractivity contribution >= 4 is 10.4 Å². The third-order valence-electron chi connectivity index (χ3n) is 4.10. The maximum Gasteiger partial charge on any atom is 0.397 e. The summed E-state index contributed by atoms with van der Waals surface area (Å²) in [4.78, 5) is 2.65. The highest BCUT2D eigenvalue weighted by atomic mass is 32.3. The molecule has 1 fully saturated rings. The molecule has 0 bridgehead atoms. The highest BCUT2D eigenvalue weighted by Crippen LogP contribution is 2.16. The van der Waals surface area contributed by atoms with Crippen molar-refractivity contribution in [3.05, 3.63) is 0 Å². The lowest BCUT2D eigenvalue weighted by Crippen LogP contribution is -2.21. The van der Waals surface area contributed by atoms with Crippen molar-refractivity contribution < 1.29 is 17.2 Å². The van der Waals surface area contributed by atoms with Gasteiger partial charge in [0.1, 0.15) is 0 Å². The average molecular weight is 352 g/mol. The van der Waals surface area contributed by atoms with Gasteiger partial charge < -0.3 is 4.90 Å². The van der Waals surface area contributed by atoms with E-state index in [4.69, 9.17) is 4.55 Å². The van der Waals surface area contributed by atoms with Crippen molar-refractivity contribution in [2.24, 2.45) is 5.92 Å². The zero-order chi connectivity index (χ0) is 17.6. The van der Waals surface area contributed by atoms with Crippen LogP contribution in [0.4, 0.5) is 0 Å². The molecular formula is C17H37NO4S. The molecule has 0 aromatic carbocycles. The second kappa shape index (κ2) is 14.2. The fourth-order valence-corrected chi connectivity index (χ4v) is 3.15. The van der Waals surface area contributed by atoms with E-state index in [2.05, 4.69) is 22.9 Å². The summed E-state index contributed by atoms with van der Waals surface area (Å²) in [5.74, 6) is 0.953. The summed E-state index contributed by atoms with van der Waals surface area (Å²) in [6.45, 7) is 10.2. The summed E-state index contributed by atoms with van der Waals surface area (Å²) < 4.78 is 30.7. The third kappa shape index (κ3) is 16.5. The van der Waals surface area contributed by atoms with E-state index in [0.717, 1.165) is 5.92 Å². The largest absolute Gasteiger partial charge is 0.397 e. The van der Waals surface area contributed by atoms with Crippen LogP contribution < -0.4 is 0 Å². The lowest BCUT2D eigenvalue weighted by atomic mass is 10.1. The van der Waals surface area contributed by atoms with Gasteiger partial charge in [-0.2, -0.15) is 8.42 Å². The van der Waals surface area contributed by atoms with E-state index in [-0.39, 0.29) is 6.61 Å². The zero-order valence-corrected chi connectivity index (χ0v) is 16.1. The smallest absolute Gasteiger partial charge is 0.303 e.